The Morgan fingerprint density at radius 2 is 2.19 bits per heavy atom. The molecule has 2 rings (SSSR count). The first-order chi connectivity index (χ1) is 9.95. The molecule has 1 aliphatic heterocycles. The van der Waals surface area contributed by atoms with Crippen molar-refractivity contribution in [3.8, 4) is 0 Å². The van der Waals surface area contributed by atoms with E-state index < -0.39 is 6.23 Å². The molecule has 0 aromatic rings. The van der Waals surface area contributed by atoms with E-state index in [1.54, 1.807) is 0 Å². The Morgan fingerprint density at radius 3 is 2.76 bits per heavy atom. The molecule has 0 saturated carbocycles. The molecule has 0 aromatic carbocycles. The van der Waals surface area contributed by atoms with Crippen LogP contribution in [0.3, 0.4) is 0 Å². The van der Waals surface area contributed by atoms with Crippen LogP contribution in [0.4, 0.5) is 0 Å². The Bertz CT molecular complexity index is 419. The molecule has 4 atom stereocenters. The molecule has 3 nitrogen and oxygen atoms in total. The van der Waals surface area contributed by atoms with Crippen molar-refractivity contribution in [3.05, 3.63) is 23.4 Å². The van der Waals surface area contributed by atoms with E-state index in [9.17, 15) is 5.11 Å². The Kier molecular flexibility index (Phi) is 5.81. The molecule has 1 saturated heterocycles. The summed E-state index contributed by atoms with van der Waals surface area (Å²) in [5, 5.41) is 15.0. The van der Waals surface area contributed by atoms with E-state index >= 15 is 0 Å². The summed E-state index contributed by atoms with van der Waals surface area (Å²) in [5.74, 6) is 1.13. The first-order valence-electron chi connectivity index (χ1n) is 8.12. The minimum atomic E-state index is -0.420. The van der Waals surface area contributed by atoms with Crippen LogP contribution in [-0.2, 0) is 0 Å². The van der Waals surface area contributed by atoms with Gasteiger partial charge in [0.15, 0.2) is 0 Å². The minimum Gasteiger partial charge on any atom is -0.372 e. The lowest BCUT2D eigenvalue weighted by Crippen LogP contribution is -2.42. The lowest BCUT2D eigenvalue weighted by atomic mass is 9.89. The van der Waals surface area contributed by atoms with Gasteiger partial charge in [0, 0.05) is 25.2 Å². The van der Waals surface area contributed by atoms with Crippen molar-refractivity contribution in [2.45, 2.75) is 57.4 Å². The van der Waals surface area contributed by atoms with Crippen molar-refractivity contribution in [1.29, 1.82) is 0 Å². The van der Waals surface area contributed by atoms with Crippen LogP contribution in [0, 0.1) is 11.8 Å². The predicted octanol–water partition coefficient (Wildman–Crippen LogP) is 3.18. The van der Waals surface area contributed by atoms with Crippen molar-refractivity contribution >= 4 is 11.8 Å². The summed E-state index contributed by atoms with van der Waals surface area (Å²) in [5.41, 5.74) is 2.62. The molecule has 2 aliphatic rings. The first-order valence-corrected chi connectivity index (χ1v) is 9.07. The summed E-state index contributed by atoms with van der Waals surface area (Å²) in [6.45, 7) is 9.74. The van der Waals surface area contributed by atoms with Crippen LogP contribution in [0.1, 0.15) is 40.5 Å². The molecule has 1 aliphatic carbocycles. The van der Waals surface area contributed by atoms with Gasteiger partial charge >= 0.3 is 0 Å². The lowest BCUT2D eigenvalue weighted by Gasteiger charge is -2.37. The van der Waals surface area contributed by atoms with E-state index in [-0.39, 0.29) is 5.25 Å². The third-order valence-electron chi connectivity index (χ3n) is 4.63. The van der Waals surface area contributed by atoms with Gasteiger partial charge in [-0.2, -0.15) is 0 Å². The van der Waals surface area contributed by atoms with Gasteiger partial charge in [-0.3, -0.25) is 0 Å². The molecule has 21 heavy (non-hydrogen) atoms. The van der Waals surface area contributed by atoms with Gasteiger partial charge in [-0.25, -0.2) is 0 Å². The standard InChI is InChI=1S/C17H30N2OS/c1-6-13-9-7-8-12(4)15(13)19(5)17(20)14-10-18-16(21-14)11(2)3/h7-8,11,13-14,16-18,20H,6,9-10H2,1-5H3. The molecule has 4 heteroatoms. The van der Waals surface area contributed by atoms with Crippen molar-refractivity contribution in [2.24, 2.45) is 11.8 Å². The van der Waals surface area contributed by atoms with Crippen molar-refractivity contribution in [1.82, 2.24) is 10.2 Å². The molecule has 0 amide bonds. The number of hydrogen-bond donors (Lipinski definition) is 2. The van der Waals surface area contributed by atoms with Crippen LogP contribution in [0.5, 0.6) is 0 Å². The fourth-order valence-corrected chi connectivity index (χ4v) is 4.73. The van der Waals surface area contributed by atoms with E-state index in [0.717, 1.165) is 19.4 Å². The average Bonchev–Trinajstić information content (AvgIpc) is 2.95. The first kappa shape index (κ1) is 16.9. The van der Waals surface area contributed by atoms with Crippen LogP contribution in [0.25, 0.3) is 0 Å². The average molecular weight is 311 g/mol. The zero-order chi connectivity index (χ0) is 15.6. The molecule has 0 radical (unpaired) electrons. The number of nitrogens with one attached hydrogen (secondary N) is 1. The van der Waals surface area contributed by atoms with Gasteiger partial charge in [-0.1, -0.05) is 32.9 Å². The minimum absolute atomic E-state index is 0.242. The maximum atomic E-state index is 10.8. The van der Waals surface area contributed by atoms with Crippen molar-refractivity contribution in [3.63, 3.8) is 0 Å². The van der Waals surface area contributed by atoms with Gasteiger partial charge in [0.25, 0.3) is 0 Å². The molecule has 0 bridgehead atoms. The largest absolute Gasteiger partial charge is 0.372 e. The van der Waals surface area contributed by atoms with E-state index in [4.69, 9.17) is 0 Å². The van der Waals surface area contributed by atoms with Gasteiger partial charge in [0.05, 0.1) is 10.6 Å². The van der Waals surface area contributed by atoms with Gasteiger partial charge in [-0.05, 0) is 31.3 Å². The molecule has 120 valence electrons. The van der Waals surface area contributed by atoms with E-state index in [1.807, 2.05) is 11.8 Å². The van der Waals surface area contributed by atoms with Gasteiger partial charge in [-0.15, -0.1) is 11.8 Å². The van der Waals surface area contributed by atoms with Gasteiger partial charge < -0.3 is 15.3 Å². The Balaban J connectivity index is 2.08. The molecule has 4 unspecified atom stereocenters. The molecule has 1 heterocycles. The highest BCUT2D eigenvalue weighted by molar-refractivity contribution is 8.00. The molecule has 2 N–H and O–H groups in total. The number of allylic oxidation sites excluding steroid dienone is 4. The molecule has 0 aromatic heterocycles. The van der Waals surface area contributed by atoms with Crippen LogP contribution in [0.2, 0.25) is 0 Å². The van der Waals surface area contributed by atoms with Crippen LogP contribution >= 0.6 is 11.8 Å². The van der Waals surface area contributed by atoms with E-state index in [1.165, 1.54) is 11.3 Å². The van der Waals surface area contributed by atoms with Crippen LogP contribution < -0.4 is 5.32 Å². The fourth-order valence-electron chi connectivity index (χ4n) is 3.33. The highest BCUT2D eigenvalue weighted by Crippen LogP contribution is 2.35. The number of aliphatic hydroxyl groups excluding tert-OH is 1. The van der Waals surface area contributed by atoms with Crippen LogP contribution in [-0.4, -0.2) is 40.5 Å². The zero-order valence-electron chi connectivity index (χ0n) is 14.0. The second-order valence-corrected chi connectivity index (χ2v) is 7.97. The predicted molar refractivity (Wildman–Crippen MR) is 92.0 cm³/mol. The van der Waals surface area contributed by atoms with Crippen LogP contribution in [0.15, 0.2) is 23.4 Å². The number of hydrogen-bond acceptors (Lipinski definition) is 4. The second kappa shape index (κ2) is 7.21. The summed E-state index contributed by atoms with van der Waals surface area (Å²) in [4.78, 5) is 2.12. The number of aliphatic hydroxyl groups is 1. The molecular weight excluding hydrogens is 280 g/mol. The summed E-state index contributed by atoms with van der Waals surface area (Å²) in [7, 11) is 2.05. The van der Waals surface area contributed by atoms with Gasteiger partial charge in [0.1, 0.15) is 6.23 Å². The number of nitrogens with zero attached hydrogens (tertiary/aromatic N) is 1. The van der Waals surface area contributed by atoms with E-state index in [2.05, 4.69) is 57.1 Å². The Labute approximate surface area is 133 Å². The third-order valence-corrected chi connectivity index (χ3v) is 6.39. The fraction of sp³-hybridized carbons (Fsp3) is 0.765. The Morgan fingerprint density at radius 1 is 1.48 bits per heavy atom. The second-order valence-electron chi connectivity index (χ2n) is 6.58. The normalized spacial score (nSPS) is 31.1. The molecule has 0 spiro atoms. The topological polar surface area (TPSA) is 35.5 Å². The monoisotopic (exact) mass is 310 g/mol. The SMILES string of the molecule is CCC1CC=CC(C)=C1N(C)C(O)C1CNC(C(C)C)S1. The summed E-state index contributed by atoms with van der Waals surface area (Å²) in [6.07, 6.45) is 6.25. The molecule has 1 fully saturated rings. The van der Waals surface area contributed by atoms with Gasteiger partial charge in [0.2, 0.25) is 0 Å². The lowest BCUT2D eigenvalue weighted by molar-refractivity contribution is 0.0370. The zero-order valence-corrected chi connectivity index (χ0v) is 14.8. The number of thioether (sulfide) groups is 1. The molecular formula is C17H30N2OS. The summed E-state index contributed by atoms with van der Waals surface area (Å²) in [6, 6.07) is 0. The van der Waals surface area contributed by atoms with E-state index in [0.29, 0.717) is 17.2 Å². The summed E-state index contributed by atoms with van der Waals surface area (Å²) < 4.78 is 0. The maximum Gasteiger partial charge on any atom is 0.139 e. The highest BCUT2D eigenvalue weighted by atomic mass is 32.2. The highest BCUT2D eigenvalue weighted by Gasteiger charge is 2.35. The maximum absolute atomic E-state index is 10.8. The third kappa shape index (κ3) is 3.66. The summed E-state index contributed by atoms with van der Waals surface area (Å²) >= 11 is 1.89. The van der Waals surface area contributed by atoms with Crippen molar-refractivity contribution in [2.75, 3.05) is 13.6 Å². The Hall–Kier alpha value is -0.450. The number of rotatable bonds is 5. The smallest absolute Gasteiger partial charge is 0.139 e. The van der Waals surface area contributed by atoms with Crippen molar-refractivity contribution < 1.29 is 5.11 Å². The quantitative estimate of drug-likeness (QED) is 0.765.